The normalized spacial score (nSPS) is 20.8. The molecule has 134 valence electrons. The highest BCUT2D eigenvalue weighted by atomic mass is 32.1. The Morgan fingerprint density at radius 1 is 1.00 bits per heavy atom. The Kier molecular flexibility index (Phi) is 8.72. The molecule has 0 spiro atoms. The number of thiol groups is 1. The molecule has 1 aromatic rings. The van der Waals surface area contributed by atoms with Crippen molar-refractivity contribution in [3.05, 3.63) is 24.3 Å². The van der Waals surface area contributed by atoms with Crippen LogP contribution in [0.15, 0.2) is 29.2 Å². The number of carbonyl (C=O) groups excluding carboxylic acids is 1. The minimum absolute atomic E-state index is 0.0556. The molecule has 0 heterocycles. The maximum atomic E-state index is 12.3. The summed E-state index contributed by atoms with van der Waals surface area (Å²) in [5.41, 5.74) is 0. The fraction of sp³-hybridized carbons (Fsp3) is 0.667. The number of hydrogen-bond donors (Lipinski definition) is 1. The van der Waals surface area contributed by atoms with Gasteiger partial charge in [-0.05, 0) is 55.9 Å². The predicted octanol–water partition coefficient (Wildman–Crippen LogP) is 6.44. The predicted molar refractivity (Wildman–Crippen MR) is 103 cm³/mol. The molecule has 1 aliphatic rings. The molecule has 0 aliphatic heterocycles. The summed E-state index contributed by atoms with van der Waals surface area (Å²) >= 11 is 4.24. The van der Waals surface area contributed by atoms with Gasteiger partial charge in [0.25, 0.3) is 0 Å². The molecule has 1 aliphatic carbocycles. The third-order valence-electron chi connectivity index (χ3n) is 5.20. The molecule has 2 nitrogen and oxygen atoms in total. The van der Waals surface area contributed by atoms with Crippen LogP contribution in [0.4, 0.5) is 0 Å². The molecule has 3 heteroatoms. The zero-order valence-corrected chi connectivity index (χ0v) is 15.9. The van der Waals surface area contributed by atoms with E-state index in [-0.39, 0.29) is 11.9 Å². The number of carbonyl (C=O) groups is 1. The van der Waals surface area contributed by atoms with E-state index in [4.69, 9.17) is 4.74 Å². The van der Waals surface area contributed by atoms with Gasteiger partial charge in [0.1, 0.15) is 5.75 Å². The van der Waals surface area contributed by atoms with Crippen LogP contribution in [0.1, 0.15) is 77.6 Å². The monoisotopic (exact) mass is 348 g/mol. The van der Waals surface area contributed by atoms with Crippen molar-refractivity contribution < 1.29 is 9.53 Å². The molecule has 0 amide bonds. The maximum absolute atomic E-state index is 12.3. The van der Waals surface area contributed by atoms with Gasteiger partial charge in [-0.2, -0.15) is 0 Å². The Labute approximate surface area is 152 Å². The molecule has 0 atom stereocenters. The second-order valence-corrected chi connectivity index (χ2v) is 7.71. The van der Waals surface area contributed by atoms with Crippen LogP contribution in [0.25, 0.3) is 0 Å². The van der Waals surface area contributed by atoms with Crippen molar-refractivity contribution >= 4 is 18.6 Å². The summed E-state index contributed by atoms with van der Waals surface area (Å²) in [5, 5.41) is 0. The van der Waals surface area contributed by atoms with E-state index in [9.17, 15) is 4.79 Å². The molecule has 0 N–H and O–H groups in total. The van der Waals surface area contributed by atoms with Crippen molar-refractivity contribution in [3.8, 4) is 5.75 Å². The second-order valence-electron chi connectivity index (χ2n) is 7.19. The minimum Gasteiger partial charge on any atom is -0.426 e. The van der Waals surface area contributed by atoms with Crippen molar-refractivity contribution in [2.45, 2.75) is 82.4 Å². The lowest BCUT2D eigenvalue weighted by atomic mass is 9.80. The highest BCUT2D eigenvalue weighted by molar-refractivity contribution is 7.80. The lowest BCUT2D eigenvalue weighted by Crippen LogP contribution is -2.25. The average molecular weight is 349 g/mol. The van der Waals surface area contributed by atoms with E-state index in [0.29, 0.717) is 5.75 Å². The van der Waals surface area contributed by atoms with Gasteiger partial charge in [-0.1, -0.05) is 51.9 Å². The van der Waals surface area contributed by atoms with Crippen molar-refractivity contribution in [1.29, 1.82) is 0 Å². The Morgan fingerprint density at radius 3 is 2.29 bits per heavy atom. The highest BCUT2D eigenvalue weighted by Crippen LogP contribution is 2.33. The Balaban J connectivity index is 1.61. The average Bonchev–Trinajstić information content (AvgIpc) is 2.60. The molecule has 0 saturated heterocycles. The van der Waals surface area contributed by atoms with Crippen LogP contribution in [0.3, 0.4) is 0 Å². The lowest BCUT2D eigenvalue weighted by Gasteiger charge is -2.27. The van der Waals surface area contributed by atoms with Crippen molar-refractivity contribution in [2.75, 3.05) is 0 Å². The zero-order valence-electron chi connectivity index (χ0n) is 15.0. The van der Waals surface area contributed by atoms with Gasteiger partial charge in [-0.25, -0.2) is 0 Å². The molecule has 0 aromatic heterocycles. The summed E-state index contributed by atoms with van der Waals surface area (Å²) in [5.74, 6) is 1.48. The van der Waals surface area contributed by atoms with Gasteiger partial charge in [0.2, 0.25) is 0 Å². The first-order valence-corrected chi connectivity index (χ1v) is 10.1. The summed E-state index contributed by atoms with van der Waals surface area (Å²) in [4.78, 5) is 13.2. The maximum Gasteiger partial charge on any atom is 0.314 e. The fourth-order valence-electron chi connectivity index (χ4n) is 3.61. The highest BCUT2D eigenvalue weighted by Gasteiger charge is 2.27. The van der Waals surface area contributed by atoms with Crippen LogP contribution in [0, 0.1) is 11.8 Å². The summed E-state index contributed by atoms with van der Waals surface area (Å²) in [7, 11) is 0. The minimum atomic E-state index is -0.0556. The Hall–Kier alpha value is -0.960. The first kappa shape index (κ1) is 19.4. The van der Waals surface area contributed by atoms with Crippen molar-refractivity contribution in [2.24, 2.45) is 11.8 Å². The van der Waals surface area contributed by atoms with Gasteiger partial charge in [-0.15, -0.1) is 12.6 Å². The zero-order chi connectivity index (χ0) is 17.2. The lowest BCUT2D eigenvalue weighted by molar-refractivity contribution is -0.140. The summed E-state index contributed by atoms with van der Waals surface area (Å²) in [6, 6.07) is 7.32. The molecule has 0 unspecified atom stereocenters. The summed E-state index contributed by atoms with van der Waals surface area (Å²) in [6.07, 6.45) is 13.9. The van der Waals surface area contributed by atoms with E-state index in [0.717, 1.165) is 23.7 Å². The Bertz CT molecular complexity index is 475. The third-order valence-corrected chi connectivity index (χ3v) is 5.50. The van der Waals surface area contributed by atoms with Crippen LogP contribution in [0.5, 0.6) is 5.75 Å². The van der Waals surface area contributed by atoms with E-state index < -0.39 is 0 Å². The van der Waals surface area contributed by atoms with E-state index in [1.165, 1.54) is 57.8 Å². The molecular weight excluding hydrogens is 316 g/mol. The fourth-order valence-corrected chi connectivity index (χ4v) is 3.76. The topological polar surface area (TPSA) is 26.3 Å². The molecule has 2 rings (SSSR count). The van der Waals surface area contributed by atoms with Gasteiger partial charge in [0.05, 0.1) is 5.92 Å². The quantitative estimate of drug-likeness (QED) is 0.241. The summed E-state index contributed by atoms with van der Waals surface area (Å²) < 4.78 is 5.51. The van der Waals surface area contributed by atoms with Gasteiger partial charge in [0, 0.05) is 4.90 Å². The summed E-state index contributed by atoms with van der Waals surface area (Å²) in [6.45, 7) is 2.26. The van der Waals surface area contributed by atoms with Gasteiger partial charge < -0.3 is 4.74 Å². The van der Waals surface area contributed by atoms with Crippen LogP contribution in [-0.2, 0) is 4.79 Å². The number of esters is 1. The number of ether oxygens (including phenoxy) is 1. The molecule has 0 radical (unpaired) electrons. The first-order chi connectivity index (χ1) is 11.7. The molecule has 1 saturated carbocycles. The van der Waals surface area contributed by atoms with E-state index in [2.05, 4.69) is 19.6 Å². The standard InChI is InChI=1S/C21H32O2S/c1-2-3-4-5-6-7-8-17-9-11-18(12-10-17)21(22)23-19-13-15-20(24)16-14-19/h13-18,24H,2-12H2,1H3. The van der Waals surface area contributed by atoms with Crippen molar-refractivity contribution in [1.82, 2.24) is 0 Å². The third kappa shape index (κ3) is 6.88. The van der Waals surface area contributed by atoms with E-state index in [1.807, 2.05) is 24.3 Å². The molecule has 1 aromatic carbocycles. The van der Waals surface area contributed by atoms with E-state index >= 15 is 0 Å². The van der Waals surface area contributed by atoms with Gasteiger partial charge in [-0.3, -0.25) is 4.79 Å². The molecule has 24 heavy (non-hydrogen) atoms. The first-order valence-electron chi connectivity index (χ1n) is 9.69. The number of unbranched alkanes of at least 4 members (excludes halogenated alkanes) is 5. The largest absolute Gasteiger partial charge is 0.426 e. The van der Waals surface area contributed by atoms with Crippen molar-refractivity contribution in [3.63, 3.8) is 0 Å². The number of hydrogen-bond acceptors (Lipinski definition) is 3. The van der Waals surface area contributed by atoms with E-state index in [1.54, 1.807) is 0 Å². The smallest absolute Gasteiger partial charge is 0.314 e. The molecule has 1 fully saturated rings. The number of rotatable bonds is 9. The molecule has 0 bridgehead atoms. The van der Waals surface area contributed by atoms with Gasteiger partial charge in [0.15, 0.2) is 0 Å². The van der Waals surface area contributed by atoms with Crippen LogP contribution in [0.2, 0.25) is 0 Å². The van der Waals surface area contributed by atoms with Crippen LogP contribution in [-0.4, -0.2) is 5.97 Å². The number of benzene rings is 1. The molecular formula is C21H32O2S. The Morgan fingerprint density at radius 2 is 1.62 bits per heavy atom. The van der Waals surface area contributed by atoms with Gasteiger partial charge >= 0.3 is 5.97 Å². The second kappa shape index (κ2) is 10.8. The van der Waals surface area contributed by atoms with Crippen LogP contribution >= 0.6 is 12.6 Å². The SMILES string of the molecule is CCCCCCCCC1CCC(C(=O)Oc2ccc(S)cc2)CC1. The van der Waals surface area contributed by atoms with Crippen LogP contribution < -0.4 is 4.74 Å².